The summed E-state index contributed by atoms with van der Waals surface area (Å²) in [5.41, 5.74) is 6.12. The summed E-state index contributed by atoms with van der Waals surface area (Å²) in [6.45, 7) is 4.36. The number of carbonyl (C=O) groups excluding carboxylic acids is 1. The standard InChI is InChI=1S/C16H21N3O/c1-3-16(4-2,11-17)15(20)19-14-7-5-6-12-8-9-18-10-13(12)14/h5-10H,3-4,11,17H2,1-2H3,(H,19,20). The highest BCUT2D eigenvalue weighted by Crippen LogP contribution is 2.29. The van der Waals surface area contributed by atoms with Gasteiger partial charge < -0.3 is 11.1 Å². The van der Waals surface area contributed by atoms with E-state index in [1.807, 2.05) is 38.1 Å². The van der Waals surface area contributed by atoms with Crippen LogP contribution in [-0.4, -0.2) is 17.4 Å². The van der Waals surface area contributed by atoms with Crippen LogP contribution >= 0.6 is 0 Å². The number of carbonyl (C=O) groups is 1. The van der Waals surface area contributed by atoms with Crippen LogP contribution in [0.5, 0.6) is 0 Å². The normalized spacial score (nSPS) is 11.6. The van der Waals surface area contributed by atoms with Crippen LogP contribution in [0.25, 0.3) is 10.8 Å². The number of aromatic nitrogens is 1. The Morgan fingerprint density at radius 2 is 2.05 bits per heavy atom. The first kappa shape index (κ1) is 14.5. The summed E-state index contributed by atoms with van der Waals surface area (Å²) in [7, 11) is 0. The van der Waals surface area contributed by atoms with Gasteiger partial charge in [-0.25, -0.2) is 0 Å². The van der Waals surface area contributed by atoms with E-state index in [4.69, 9.17) is 5.73 Å². The van der Waals surface area contributed by atoms with E-state index in [-0.39, 0.29) is 5.91 Å². The fourth-order valence-corrected chi connectivity index (χ4v) is 2.43. The minimum absolute atomic E-state index is 0.0126. The molecule has 0 bridgehead atoms. The molecule has 20 heavy (non-hydrogen) atoms. The summed E-state index contributed by atoms with van der Waals surface area (Å²) in [4.78, 5) is 16.7. The Bertz CT molecular complexity index is 592. The number of pyridine rings is 1. The molecular weight excluding hydrogens is 250 g/mol. The molecule has 0 atom stereocenters. The van der Waals surface area contributed by atoms with Crippen molar-refractivity contribution in [1.29, 1.82) is 0 Å². The molecule has 0 aliphatic heterocycles. The van der Waals surface area contributed by atoms with Gasteiger partial charge in [0.15, 0.2) is 0 Å². The molecule has 1 aromatic carbocycles. The Labute approximate surface area is 119 Å². The molecular formula is C16H21N3O. The zero-order valence-corrected chi connectivity index (χ0v) is 12.0. The molecule has 0 aliphatic carbocycles. The maximum atomic E-state index is 12.6. The van der Waals surface area contributed by atoms with Crippen molar-refractivity contribution in [2.75, 3.05) is 11.9 Å². The Morgan fingerprint density at radius 1 is 1.30 bits per heavy atom. The first-order valence-electron chi connectivity index (χ1n) is 7.01. The summed E-state index contributed by atoms with van der Waals surface area (Å²) in [5, 5.41) is 5.02. The van der Waals surface area contributed by atoms with Gasteiger partial charge in [0, 0.05) is 24.3 Å². The number of fused-ring (bicyclic) bond motifs is 1. The topological polar surface area (TPSA) is 68.0 Å². The lowest BCUT2D eigenvalue weighted by Gasteiger charge is -2.28. The molecule has 0 unspecified atom stereocenters. The van der Waals surface area contributed by atoms with E-state index in [2.05, 4.69) is 10.3 Å². The van der Waals surface area contributed by atoms with Gasteiger partial charge in [-0.3, -0.25) is 9.78 Å². The predicted octanol–water partition coefficient (Wildman–Crippen LogP) is 2.94. The van der Waals surface area contributed by atoms with Crippen LogP contribution in [0.4, 0.5) is 5.69 Å². The van der Waals surface area contributed by atoms with Gasteiger partial charge in [-0.05, 0) is 30.4 Å². The SMILES string of the molecule is CCC(CC)(CN)C(=O)Nc1cccc2ccncc12. The Balaban J connectivity index is 2.35. The third-order valence-electron chi connectivity index (χ3n) is 4.16. The van der Waals surface area contributed by atoms with Gasteiger partial charge in [-0.1, -0.05) is 26.0 Å². The molecule has 4 nitrogen and oxygen atoms in total. The van der Waals surface area contributed by atoms with E-state index in [9.17, 15) is 4.79 Å². The monoisotopic (exact) mass is 271 g/mol. The minimum atomic E-state index is -0.496. The molecule has 1 aromatic heterocycles. The first-order valence-corrected chi connectivity index (χ1v) is 7.01. The predicted molar refractivity (Wildman–Crippen MR) is 82.4 cm³/mol. The maximum Gasteiger partial charge on any atom is 0.231 e. The van der Waals surface area contributed by atoms with Crippen molar-refractivity contribution in [3.63, 3.8) is 0 Å². The minimum Gasteiger partial charge on any atom is -0.329 e. The van der Waals surface area contributed by atoms with E-state index < -0.39 is 5.41 Å². The van der Waals surface area contributed by atoms with Crippen molar-refractivity contribution in [2.24, 2.45) is 11.1 Å². The van der Waals surface area contributed by atoms with Crippen LogP contribution in [0.1, 0.15) is 26.7 Å². The van der Waals surface area contributed by atoms with Crippen LogP contribution in [0.2, 0.25) is 0 Å². The molecule has 0 fully saturated rings. The molecule has 1 amide bonds. The van der Waals surface area contributed by atoms with Gasteiger partial charge in [-0.15, -0.1) is 0 Å². The van der Waals surface area contributed by atoms with Crippen molar-refractivity contribution in [3.05, 3.63) is 36.7 Å². The number of hydrogen-bond acceptors (Lipinski definition) is 3. The number of rotatable bonds is 5. The molecule has 2 rings (SSSR count). The van der Waals surface area contributed by atoms with Crippen LogP contribution in [0, 0.1) is 5.41 Å². The lowest BCUT2D eigenvalue weighted by atomic mass is 9.81. The number of nitrogens with one attached hydrogen (secondary N) is 1. The van der Waals surface area contributed by atoms with Crippen molar-refractivity contribution < 1.29 is 4.79 Å². The Hall–Kier alpha value is -1.94. The van der Waals surface area contributed by atoms with E-state index in [1.54, 1.807) is 12.4 Å². The molecule has 2 aromatic rings. The van der Waals surface area contributed by atoms with Crippen molar-refractivity contribution in [1.82, 2.24) is 4.98 Å². The second-order valence-electron chi connectivity index (χ2n) is 5.05. The number of nitrogens with two attached hydrogens (primary N) is 1. The highest BCUT2D eigenvalue weighted by Gasteiger charge is 2.33. The summed E-state index contributed by atoms with van der Waals surface area (Å²) < 4.78 is 0. The average molecular weight is 271 g/mol. The van der Waals surface area contributed by atoms with E-state index in [0.717, 1.165) is 29.3 Å². The number of nitrogens with zero attached hydrogens (tertiary/aromatic N) is 1. The lowest BCUT2D eigenvalue weighted by Crippen LogP contribution is -2.41. The average Bonchev–Trinajstić information content (AvgIpc) is 2.50. The molecule has 0 saturated heterocycles. The fourth-order valence-electron chi connectivity index (χ4n) is 2.43. The highest BCUT2D eigenvalue weighted by atomic mass is 16.2. The lowest BCUT2D eigenvalue weighted by molar-refractivity contribution is -0.125. The van der Waals surface area contributed by atoms with Gasteiger partial charge in [0.1, 0.15) is 0 Å². The summed E-state index contributed by atoms with van der Waals surface area (Å²) in [6.07, 6.45) is 4.98. The molecule has 106 valence electrons. The van der Waals surface area contributed by atoms with E-state index in [1.165, 1.54) is 0 Å². The zero-order chi connectivity index (χ0) is 14.6. The Morgan fingerprint density at radius 3 is 2.70 bits per heavy atom. The van der Waals surface area contributed by atoms with Gasteiger partial charge in [0.05, 0.1) is 11.1 Å². The second-order valence-corrected chi connectivity index (χ2v) is 5.05. The van der Waals surface area contributed by atoms with E-state index in [0.29, 0.717) is 6.54 Å². The summed E-state index contributed by atoms with van der Waals surface area (Å²) in [6, 6.07) is 7.76. The molecule has 0 saturated carbocycles. The number of anilines is 1. The smallest absolute Gasteiger partial charge is 0.231 e. The van der Waals surface area contributed by atoms with Gasteiger partial charge in [-0.2, -0.15) is 0 Å². The number of hydrogen-bond donors (Lipinski definition) is 2. The van der Waals surface area contributed by atoms with Crippen molar-refractivity contribution in [2.45, 2.75) is 26.7 Å². The molecule has 1 heterocycles. The first-order chi connectivity index (χ1) is 9.66. The maximum absolute atomic E-state index is 12.6. The fraction of sp³-hybridized carbons (Fsp3) is 0.375. The Kier molecular flexibility index (Phi) is 4.35. The molecule has 3 N–H and O–H groups in total. The number of benzene rings is 1. The molecule has 0 radical (unpaired) electrons. The van der Waals surface area contributed by atoms with Crippen LogP contribution in [0.3, 0.4) is 0 Å². The van der Waals surface area contributed by atoms with Crippen LogP contribution in [-0.2, 0) is 4.79 Å². The summed E-state index contributed by atoms with van der Waals surface area (Å²) in [5.74, 6) is -0.0126. The van der Waals surface area contributed by atoms with Gasteiger partial charge >= 0.3 is 0 Å². The van der Waals surface area contributed by atoms with Gasteiger partial charge in [0.2, 0.25) is 5.91 Å². The van der Waals surface area contributed by atoms with Crippen LogP contribution in [0.15, 0.2) is 36.7 Å². The van der Waals surface area contributed by atoms with Crippen LogP contribution < -0.4 is 11.1 Å². The molecule has 0 aliphatic rings. The third-order valence-corrected chi connectivity index (χ3v) is 4.16. The van der Waals surface area contributed by atoms with Crippen molar-refractivity contribution >= 4 is 22.4 Å². The third kappa shape index (κ3) is 2.51. The molecule has 0 spiro atoms. The molecule has 4 heteroatoms. The van der Waals surface area contributed by atoms with Gasteiger partial charge in [0.25, 0.3) is 0 Å². The van der Waals surface area contributed by atoms with Crippen molar-refractivity contribution in [3.8, 4) is 0 Å². The number of amides is 1. The quantitative estimate of drug-likeness (QED) is 0.878. The second kappa shape index (κ2) is 6.01. The summed E-state index contributed by atoms with van der Waals surface area (Å²) >= 11 is 0. The highest BCUT2D eigenvalue weighted by molar-refractivity contribution is 6.03. The van der Waals surface area contributed by atoms with E-state index >= 15 is 0 Å². The zero-order valence-electron chi connectivity index (χ0n) is 12.0. The largest absolute Gasteiger partial charge is 0.329 e.